The normalized spacial score (nSPS) is 10.4. The molecule has 2 aromatic carbocycles. The maximum Gasteiger partial charge on any atom is 0.224 e. The summed E-state index contributed by atoms with van der Waals surface area (Å²) in [6.07, 6.45) is 0.0995. The first-order chi connectivity index (χ1) is 12.0. The van der Waals surface area contributed by atoms with Gasteiger partial charge in [0.1, 0.15) is 5.82 Å². The third-order valence-electron chi connectivity index (χ3n) is 3.72. The molecule has 0 aliphatic carbocycles. The van der Waals surface area contributed by atoms with Crippen molar-refractivity contribution in [3.63, 3.8) is 0 Å². The van der Waals surface area contributed by atoms with E-state index < -0.39 is 0 Å². The maximum absolute atomic E-state index is 13.1. The second-order valence-corrected chi connectivity index (χ2v) is 6.10. The van der Waals surface area contributed by atoms with Crippen LogP contribution in [0.2, 0.25) is 5.02 Å². The molecule has 0 atom stereocenters. The fraction of sp³-hybridized carbons (Fsp3) is 0.263. The molecule has 2 rings (SSSR count). The molecule has 0 heterocycles. The summed E-state index contributed by atoms with van der Waals surface area (Å²) in [6.45, 7) is 2.55. The monoisotopic (exact) mass is 362 g/mol. The van der Waals surface area contributed by atoms with E-state index in [1.54, 1.807) is 23.1 Å². The minimum atomic E-state index is -0.368. The van der Waals surface area contributed by atoms with Crippen LogP contribution in [0.25, 0.3) is 0 Å². The molecule has 25 heavy (non-hydrogen) atoms. The molecule has 2 aromatic rings. The molecule has 0 saturated carbocycles. The molecule has 0 saturated heterocycles. The molecule has 0 unspecified atom stereocenters. The number of nitrogens with zero attached hydrogens (tertiary/aromatic N) is 1. The predicted molar refractivity (Wildman–Crippen MR) is 95.7 cm³/mol. The Hall–Kier alpha value is -2.40. The van der Waals surface area contributed by atoms with Crippen LogP contribution in [-0.2, 0) is 22.6 Å². The van der Waals surface area contributed by atoms with E-state index in [4.69, 9.17) is 11.6 Å². The van der Waals surface area contributed by atoms with Crippen molar-refractivity contribution in [2.45, 2.75) is 19.9 Å². The molecule has 1 N–H and O–H groups in total. The van der Waals surface area contributed by atoms with E-state index in [0.717, 1.165) is 5.56 Å². The van der Waals surface area contributed by atoms with E-state index >= 15 is 0 Å². The number of carbonyl (C=O) groups excluding carboxylic acids is 2. The second kappa shape index (κ2) is 9.18. The fourth-order valence-corrected chi connectivity index (χ4v) is 2.60. The molecule has 0 radical (unpaired) electrons. The lowest BCUT2D eigenvalue weighted by Crippen LogP contribution is -2.37. The zero-order valence-electron chi connectivity index (χ0n) is 14.0. The molecule has 0 aliphatic rings. The number of halogens is 2. The van der Waals surface area contributed by atoms with Crippen LogP contribution in [0.15, 0.2) is 48.5 Å². The molecule has 0 bridgehead atoms. The van der Waals surface area contributed by atoms with E-state index in [2.05, 4.69) is 5.32 Å². The molecule has 0 aliphatic heterocycles. The summed E-state index contributed by atoms with van der Waals surface area (Å²) >= 11 is 6.12. The van der Waals surface area contributed by atoms with Gasteiger partial charge in [-0.3, -0.25) is 9.59 Å². The lowest BCUT2D eigenvalue weighted by atomic mass is 10.1. The number of nitrogens with one attached hydrogen (secondary N) is 1. The summed E-state index contributed by atoms with van der Waals surface area (Å²) in [7, 11) is 0. The summed E-state index contributed by atoms with van der Waals surface area (Å²) in [5.74, 6) is -0.682. The van der Waals surface area contributed by atoms with Gasteiger partial charge < -0.3 is 10.2 Å². The van der Waals surface area contributed by atoms with Crippen LogP contribution in [-0.4, -0.2) is 29.8 Å². The molecular weight excluding hydrogens is 343 g/mol. The van der Waals surface area contributed by atoms with Crippen LogP contribution in [0, 0.1) is 5.82 Å². The van der Waals surface area contributed by atoms with Crippen molar-refractivity contribution in [1.29, 1.82) is 0 Å². The molecule has 0 aromatic heterocycles. The average molecular weight is 363 g/mol. The van der Waals surface area contributed by atoms with Gasteiger partial charge in [0.05, 0.1) is 6.42 Å². The van der Waals surface area contributed by atoms with Gasteiger partial charge in [-0.1, -0.05) is 41.9 Å². The van der Waals surface area contributed by atoms with Crippen molar-refractivity contribution >= 4 is 23.4 Å². The summed E-state index contributed by atoms with van der Waals surface area (Å²) in [5, 5.41) is 3.35. The molecule has 4 nitrogen and oxygen atoms in total. The Kier molecular flexibility index (Phi) is 6.95. The maximum atomic E-state index is 13.1. The molecular formula is C19H20ClFN2O2. The molecule has 132 valence electrons. The van der Waals surface area contributed by atoms with Crippen molar-refractivity contribution in [1.82, 2.24) is 10.2 Å². The Morgan fingerprint density at radius 3 is 2.60 bits per heavy atom. The van der Waals surface area contributed by atoms with Crippen molar-refractivity contribution in [3.8, 4) is 0 Å². The topological polar surface area (TPSA) is 49.4 Å². The van der Waals surface area contributed by atoms with Crippen LogP contribution in [0.4, 0.5) is 4.39 Å². The van der Waals surface area contributed by atoms with Gasteiger partial charge in [-0.15, -0.1) is 0 Å². The zero-order chi connectivity index (χ0) is 18.2. The van der Waals surface area contributed by atoms with Crippen LogP contribution >= 0.6 is 11.6 Å². The number of carbonyl (C=O) groups is 2. The third-order valence-corrected chi connectivity index (χ3v) is 4.09. The Labute approximate surface area is 151 Å². The van der Waals surface area contributed by atoms with Gasteiger partial charge >= 0.3 is 0 Å². The van der Waals surface area contributed by atoms with Crippen LogP contribution in [0.1, 0.15) is 18.1 Å². The highest BCUT2D eigenvalue weighted by molar-refractivity contribution is 6.31. The molecule has 0 fully saturated rings. The summed E-state index contributed by atoms with van der Waals surface area (Å²) in [4.78, 5) is 25.3. The minimum Gasteiger partial charge on any atom is -0.354 e. The Bertz CT molecular complexity index is 752. The Balaban J connectivity index is 1.84. The number of benzene rings is 2. The van der Waals surface area contributed by atoms with Gasteiger partial charge in [0, 0.05) is 31.6 Å². The van der Waals surface area contributed by atoms with E-state index in [0.29, 0.717) is 30.2 Å². The number of hydrogen-bond acceptors (Lipinski definition) is 2. The quantitative estimate of drug-likeness (QED) is 0.822. The molecule has 2 amide bonds. The lowest BCUT2D eigenvalue weighted by molar-refractivity contribution is -0.130. The standard InChI is InChI=1S/C19H20ClFN2O2/c1-14(24)23(13-16-6-2-3-8-18(16)20)10-9-22-19(25)12-15-5-4-7-17(21)11-15/h2-8,11H,9-10,12-13H2,1H3,(H,22,25). The van der Waals surface area contributed by atoms with Crippen molar-refractivity contribution in [2.24, 2.45) is 0 Å². The van der Waals surface area contributed by atoms with Crippen molar-refractivity contribution < 1.29 is 14.0 Å². The lowest BCUT2D eigenvalue weighted by Gasteiger charge is -2.22. The van der Waals surface area contributed by atoms with E-state index in [9.17, 15) is 14.0 Å². The van der Waals surface area contributed by atoms with E-state index in [1.807, 2.05) is 18.2 Å². The first kappa shape index (κ1) is 18.9. The highest BCUT2D eigenvalue weighted by Gasteiger charge is 2.12. The van der Waals surface area contributed by atoms with Crippen LogP contribution in [0.5, 0.6) is 0 Å². The van der Waals surface area contributed by atoms with Gasteiger partial charge in [0.25, 0.3) is 0 Å². The average Bonchev–Trinajstić information content (AvgIpc) is 2.55. The van der Waals surface area contributed by atoms with E-state index in [-0.39, 0.29) is 24.1 Å². The summed E-state index contributed by atoms with van der Waals surface area (Å²) in [5.41, 5.74) is 1.46. The highest BCUT2D eigenvalue weighted by Crippen LogP contribution is 2.16. The highest BCUT2D eigenvalue weighted by atomic mass is 35.5. The first-order valence-corrected chi connectivity index (χ1v) is 8.33. The predicted octanol–water partition coefficient (Wildman–Crippen LogP) is 3.19. The Morgan fingerprint density at radius 2 is 1.92 bits per heavy atom. The van der Waals surface area contributed by atoms with Crippen LogP contribution in [0.3, 0.4) is 0 Å². The van der Waals surface area contributed by atoms with Crippen molar-refractivity contribution in [2.75, 3.05) is 13.1 Å². The fourth-order valence-electron chi connectivity index (χ4n) is 2.41. The van der Waals surface area contributed by atoms with Gasteiger partial charge in [-0.25, -0.2) is 4.39 Å². The first-order valence-electron chi connectivity index (χ1n) is 7.96. The SMILES string of the molecule is CC(=O)N(CCNC(=O)Cc1cccc(F)c1)Cc1ccccc1Cl. The molecule has 0 spiro atoms. The molecule has 6 heteroatoms. The van der Waals surface area contributed by atoms with Gasteiger partial charge in [-0.2, -0.15) is 0 Å². The van der Waals surface area contributed by atoms with Gasteiger partial charge in [0.2, 0.25) is 11.8 Å². The largest absolute Gasteiger partial charge is 0.354 e. The zero-order valence-corrected chi connectivity index (χ0v) is 14.7. The third kappa shape index (κ3) is 6.19. The Morgan fingerprint density at radius 1 is 1.16 bits per heavy atom. The summed E-state index contributed by atoms with van der Waals surface area (Å²) < 4.78 is 13.1. The summed E-state index contributed by atoms with van der Waals surface area (Å²) in [6, 6.07) is 13.3. The minimum absolute atomic E-state index is 0.0979. The smallest absolute Gasteiger partial charge is 0.224 e. The number of amides is 2. The van der Waals surface area contributed by atoms with E-state index in [1.165, 1.54) is 19.1 Å². The number of hydrogen-bond donors (Lipinski definition) is 1. The van der Waals surface area contributed by atoms with Crippen molar-refractivity contribution in [3.05, 3.63) is 70.5 Å². The number of rotatable bonds is 7. The van der Waals surface area contributed by atoms with Gasteiger partial charge in [-0.05, 0) is 29.3 Å². The van der Waals surface area contributed by atoms with Crippen LogP contribution < -0.4 is 5.32 Å². The van der Waals surface area contributed by atoms with Gasteiger partial charge in [0.15, 0.2) is 0 Å². The second-order valence-electron chi connectivity index (χ2n) is 5.69.